The molecule has 15 heavy (non-hydrogen) atoms. The van der Waals surface area contributed by atoms with E-state index in [0.29, 0.717) is 6.04 Å². The van der Waals surface area contributed by atoms with Crippen molar-refractivity contribution in [2.24, 2.45) is 0 Å². The highest BCUT2D eigenvalue weighted by Gasteiger charge is 2.15. The Bertz CT molecular complexity index is 153. The Hall–Kier alpha value is -0.120. The first-order valence-corrected chi connectivity index (χ1v) is 6.43. The molecule has 3 heteroatoms. The van der Waals surface area contributed by atoms with E-state index in [9.17, 15) is 0 Å². The molecule has 1 aliphatic rings. The van der Waals surface area contributed by atoms with Crippen LogP contribution in [-0.2, 0) is 0 Å². The summed E-state index contributed by atoms with van der Waals surface area (Å²) in [6, 6.07) is 0.290. The molecule has 1 fully saturated rings. The summed E-state index contributed by atoms with van der Waals surface area (Å²) in [6.07, 6.45) is 6.54. The highest BCUT2D eigenvalue weighted by molar-refractivity contribution is 4.75. The van der Waals surface area contributed by atoms with Crippen molar-refractivity contribution < 1.29 is 5.11 Å². The highest BCUT2D eigenvalue weighted by atomic mass is 16.3. The van der Waals surface area contributed by atoms with Crippen molar-refractivity contribution in [2.75, 3.05) is 32.8 Å². The lowest BCUT2D eigenvalue weighted by Gasteiger charge is -2.23. The number of rotatable bonds is 6. The molecule has 1 saturated heterocycles. The number of aliphatic hydroxyl groups is 1. The van der Waals surface area contributed by atoms with Gasteiger partial charge < -0.3 is 15.3 Å². The second-order valence-corrected chi connectivity index (χ2v) is 4.55. The van der Waals surface area contributed by atoms with Crippen molar-refractivity contribution in [3.05, 3.63) is 0 Å². The summed E-state index contributed by atoms with van der Waals surface area (Å²) in [4.78, 5) is 2.50. The van der Waals surface area contributed by atoms with Crippen LogP contribution in [-0.4, -0.2) is 48.8 Å². The molecule has 1 rings (SSSR count). The van der Waals surface area contributed by atoms with Crippen LogP contribution in [0.3, 0.4) is 0 Å². The molecule has 3 nitrogen and oxygen atoms in total. The standard InChI is InChI=1S/C12H26N2O/c1-2-3-4-5-8-14-9-6-7-13-12(10-14)11-15/h12-13,15H,2-11H2,1H3. The second kappa shape index (κ2) is 8.08. The van der Waals surface area contributed by atoms with Gasteiger partial charge in [0.15, 0.2) is 0 Å². The Morgan fingerprint density at radius 1 is 1.33 bits per heavy atom. The molecule has 0 aliphatic carbocycles. The average molecular weight is 214 g/mol. The third-order valence-corrected chi connectivity index (χ3v) is 3.11. The molecule has 0 radical (unpaired) electrons. The van der Waals surface area contributed by atoms with Gasteiger partial charge in [-0.2, -0.15) is 0 Å². The van der Waals surface area contributed by atoms with E-state index in [0.717, 1.165) is 13.1 Å². The first kappa shape index (κ1) is 12.9. The summed E-state index contributed by atoms with van der Waals surface area (Å²) >= 11 is 0. The van der Waals surface area contributed by atoms with Gasteiger partial charge >= 0.3 is 0 Å². The Morgan fingerprint density at radius 3 is 2.93 bits per heavy atom. The largest absolute Gasteiger partial charge is 0.395 e. The number of unbranched alkanes of at least 4 members (excludes halogenated alkanes) is 3. The van der Waals surface area contributed by atoms with Crippen LogP contribution in [0, 0.1) is 0 Å². The molecule has 0 aromatic heterocycles. The van der Waals surface area contributed by atoms with E-state index in [1.54, 1.807) is 0 Å². The van der Waals surface area contributed by atoms with E-state index in [2.05, 4.69) is 17.1 Å². The van der Waals surface area contributed by atoms with Crippen molar-refractivity contribution in [3.8, 4) is 0 Å². The lowest BCUT2D eigenvalue weighted by molar-refractivity contribution is 0.198. The van der Waals surface area contributed by atoms with Crippen molar-refractivity contribution in [1.29, 1.82) is 0 Å². The van der Waals surface area contributed by atoms with E-state index < -0.39 is 0 Å². The highest BCUT2D eigenvalue weighted by Crippen LogP contribution is 2.05. The molecule has 1 heterocycles. The van der Waals surface area contributed by atoms with Gasteiger partial charge in [0.05, 0.1) is 6.61 Å². The van der Waals surface area contributed by atoms with Gasteiger partial charge in [-0.05, 0) is 32.5 Å². The molecule has 1 unspecified atom stereocenters. The maximum absolute atomic E-state index is 9.15. The van der Waals surface area contributed by atoms with Gasteiger partial charge in [-0.1, -0.05) is 26.2 Å². The molecule has 2 N–H and O–H groups in total. The number of nitrogens with one attached hydrogen (secondary N) is 1. The smallest absolute Gasteiger partial charge is 0.0597 e. The Kier molecular flexibility index (Phi) is 6.98. The fourth-order valence-electron chi connectivity index (χ4n) is 2.16. The summed E-state index contributed by atoms with van der Waals surface area (Å²) in [5, 5.41) is 12.5. The summed E-state index contributed by atoms with van der Waals surface area (Å²) < 4.78 is 0. The lowest BCUT2D eigenvalue weighted by Crippen LogP contribution is -2.40. The monoisotopic (exact) mass is 214 g/mol. The summed E-state index contributed by atoms with van der Waals surface area (Å²) in [5.41, 5.74) is 0. The quantitative estimate of drug-likeness (QED) is 0.653. The lowest BCUT2D eigenvalue weighted by atomic mass is 10.2. The Labute approximate surface area is 93.9 Å². The molecule has 90 valence electrons. The topological polar surface area (TPSA) is 35.5 Å². The maximum Gasteiger partial charge on any atom is 0.0597 e. The summed E-state index contributed by atoms with van der Waals surface area (Å²) in [6.45, 7) is 6.98. The van der Waals surface area contributed by atoms with Crippen LogP contribution in [0.4, 0.5) is 0 Å². The summed E-state index contributed by atoms with van der Waals surface area (Å²) in [7, 11) is 0. The third-order valence-electron chi connectivity index (χ3n) is 3.11. The first-order valence-electron chi connectivity index (χ1n) is 6.43. The van der Waals surface area contributed by atoms with E-state index in [1.165, 1.54) is 45.2 Å². The van der Waals surface area contributed by atoms with Crippen LogP contribution in [0.1, 0.15) is 39.0 Å². The van der Waals surface area contributed by atoms with Crippen LogP contribution in [0.15, 0.2) is 0 Å². The van der Waals surface area contributed by atoms with Gasteiger partial charge in [-0.25, -0.2) is 0 Å². The predicted molar refractivity (Wildman–Crippen MR) is 64.1 cm³/mol. The zero-order valence-corrected chi connectivity index (χ0v) is 10.0. The van der Waals surface area contributed by atoms with Crippen molar-refractivity contribution >= 4 is 0 Å². The van der Waals surface area contributed by atoms with Crippen molar-refractivity contribution in [1.82, 2.24) is 10.2 Å². The van der Waals surface area contributed by atoms with Gasteiger partial charge in [-0.15, -0.1) is 0 Å². The minimum atomic E-state index is 0.269. The number of aliphatic hydroxyl groups excluding tert-OH is 1. The second-order valence-electron chi connectivity index (χ2n) is 4.55. The minimum absolute atomic E-state index is 0.269. The Morgan fingerprint density at radius 2 is 2.20 bits per heavy atom. The van der Waals surface area contributed by atoms with Crippen LogP contribution < -0.4 is 5.32 Å². The average Bonchev–Trinajstić information content (AvgIpc) is 2.49. The molecule has 0 saturated carbocycles. The summed E-state index contributed by atoms with van der Waals surface area (Å²) in [5.74, 6) is 0. The van der Waals surface area contributed by atoms with Gasteiger partial charge in [0.1, 0.15) is 0 Å². The molecule has 1 aliphatic heterocycles. The minimum Gasteiger partial charge on any atom is -0.395 e. The van der Waals surface area contributed by atoms with Gasteiger partial charge in [0.25, 0.3) is 0 Å². The first-order chi connectivity index (χ1) is 7.36. The molecule has 1 atom stereocenters. The van der Waals surface area contributed by atoms with Crippen molar-refractivity contribution in [2.45, 2.75) is 45.1 Å². The fraction of sp³-hybridized carbons (Fsp3) is 1.00. The number of hydrogen-bond donors (Lipinski definition) is 2. The molecule has 0 amide bonds. The molecule has 0 aromatic rings. The van der Waals surface area contributed by atoms with Crippen LogP contribution >= 0.6 is 0 Å². The van der Waals surface area contributed by atoms with Crippen LogP contribution in [0.2, 0.25) is 0 Å². The van der Waals surface area contributed by atoms with Gasteiger partial charge in [-0.3, -0.25) is 0 Å². The Balaban J connectivity index is 2.15. The normalized spacial score (nSPS) is 24.0. The molecular weight excluding hydrogens is 188 g/mol. The van der Waals surface area contributed by atoms with Crippen LogP contribution in [0.25, 0.3) is 0 Å². The maximum atomic E-state index is 9.15. The predicted octanol–water partition coefficient (Wildman–Crippen LogP) is 1.22. The molecule has 0 aromatic carbocycles. The van der Waals surface area contributed by atoms with Gasteiger partial charge in [0, 0.05) is 12.6 Å². The number of hydrogen-bond acceptors (Lipinski definition) is 3. The van der Waals surface area contributed by atoms with Gasteiger partial charge in [0.2, 0.25) is 0 Å². The molecular formula is C12H26N2O. The van der Waals surface area contributed by atoms with Crippen LogP contribution in [0.5, 0.6) is 0 Å². The van der Waals surface area contributed by atoms with E-state index in [1.807, 2.05) is 0 Å². The van der Waals surface area contributed by atoms with E-state index >= 15 is 0 Å². The van der Waals surface area contributed by atoms with Crippen molar-refractivity contribution in [3.63, 3.8) is 0 Å². The number of nitrogens with zero attached hydrogens (tertiary/aromatic N) is 1. The zero-order valence-electron chi connectivity index (χ0n) is 10.0. The fourth-order valence-corrected chi connectivity index (χ4v) is 2.16. The zero-order chi connectivity index (χ0) is 10.9. The third kappa shape index (κ3) is 5.50. The van der Waals surface area contributed by atoms with E-state index in [4.69, 9.17) is 5.11 Å². The molecule has 0 bridgehead atoms. The SMILES string of the molecule is CCCCCCN1CCCNC(CO)C1. The molecule has 0 spiro atoms. The van der Waals surface area contributed by atoms with E-state index in [-0.39, 0.29) is 6.61 Å².